The van der Waals surface area contributed by atoms with Crippen LogP contribution in [-0.2, 0) is 17.8 Å². The molecule has 1 rings (SSSR count). The van der Waals surface area contributed by atoms with Gasteiger partial charge in [-0.3, -0.25) is 0 Å². The number of methoxy groups -OCH3 is 1. The topological polar surface area (TPSA) is 74.2 Å². The first-order valence-electron chi connectivity index (χ1n) is 4.28. The lowest BCUT2D eigenvalue weighted by Crippen LogP contribution is -2.15. The fourth-order valence-corrected chi connectivity index (χ4v) is 0.931. The van der Waals surface area contributed by atoms with Crippen LogP contribution in [0.4, 0.5) is 0 Å². The fraction of sp³-hybridized carbons (Fsp3) is 0.750. The van der Waals surface area contributed by atoms with Crippen molar-refractivity contribution in [2.24, 2.45) is 5.73 Å². The molecule has 5 heteroatoms. The van der Waals surface area contributed by atoms with Gasteiger partial charge in [0.2, 0.25) is 5.89 Å². The maximum Gasteiger partial charge on any atom is 0.226 e. The van der Waals surface area contributed by atoms with Crippen molar-refractivity contribution in [3.63, 3.8) is 0 Å². The van der Waals surface area contributed by atoms with E-state index in [1.807, 2.05) is 6.92 Å². The lowest BCUT2D eigenvalue weighted by atomic mass is 10.2. The zero-order chi connectivity index (χ0) is 9.68. The van der Waals surface area contributed by atoms with Gasteiger partial charge in [-0.15, -0.1) is 0 Å². The summed E-state index contributed by atoms with van der Waals surface area (Å²) >= 11 is 0. The second-order valence-electron chi connectivity index (χ2n) is 3.05. The minimum atomic E-state index is 0.165. The Labute approximate surface area is 77.3 Å². The molecule has 1 atom stereocenters. The van der Waals surface area contributed by atoms with Crippen LogP contribution in [0.1, 0.15) is 25.1 Å². The van der Waals surface area contributed by atoms with E-state index in [1.165, 1.54) is 0 Å². The standard InChI is InChI=1S/C8H15N3O2/c1-6(9)3-4-8-10-7(5-12-2)11-13-8/h6H,3-5,9H2,1-2H3. The van der Waals surface area contributed by atoms with Crippen LogP contribution in [0.2, 0.25) is 0 Å². The van der Waals surface area contributed by atoms with Crippen molar-refractivity contribution in [2.45, 2.75) is 32.4 Å². The molecule has 0 spiro atoms. The second-order valence-corrected chi connectivity index (χ2v) is 3.05. The van der Waals surface area contributed by atoms with Gasteiger partial charge < -0.3 is 15.0 Å². The molecule has 74 valence electrons. The van der Waals surface area contributed by atoms with Crippen LogP contribution in [0.25, 0.3) is 0 Å². The average molecular weight is 185 g/mol. The number of nitrogens with two attached hydrogens (primary N) is 1. The normalized spacial score (nSPS) is 13.2. The highest BCUT2D eigenvalue weighted by molar-refractivity contribution is 4.85. The van der Waals surface area contributed by atoms with Gasteiger partial charge in [0.1, 0.15) is 6.61 Å². The van der Waals surface area contributed by atoms with E-state index in [0.29, 0.717) is 18.3 Å². The number of aryl methyl sites for hydroxylation is 1. The third-order valence-electron chi connectivity index (χ3n) is 1.60. The Kier molecular flexibility index (Phi) is 3.85. The summed E-state index contributed by atoms with van der Waals surface area (Å²) in [5, 5.41) is 3.73. The molecular formula is C8H15N3O2. The largest absolute Gasteiger partial charge is 0.377 e. The summed E-state index contributed by atoms with van der Waals surface area (Å²) in [6.45, 7) is 2.34. The molecule has 0 fully saturated rings. The smallest absolute Gasteiger partial charge is 0.226 e. The summed E-state index contributed by atoms with van der Waals surface area (Å²) in [6, 6.07) is 0.165. The van der Waals surface area contributed by atoms with Gasteiger partial charge in [-0.25, -0.2) is 0 Å². The van der Waals surface area contributed by atoms with Gasteiger partial charge in [0, 0.05) is 19.6 Å². The van der Waals surface area contributed by atoms with E-state index in [2.05, 4.69) is 10.1 Å². The van der Waals surface area contributed by atoms with E-state index in [0.717, 1.165) is 12.8 Å². The maximum absolute atomic E-state index is 5.59. The quantitative estimate of drug-likeness (QED) is 0.722. The molecule has 0 aliphatic carbocycles. The summed E-state index contributed by atoms with van der Waals surface area (Å²) in [5.41, 5.74) is 5.59. The molecular weight excluding hydrogens is 170 g/mol. The van der Waals surface area contributed by atoms with Crippen LogP contribution >= 0.6 is 0 Å². The molecule has 0 aromatic carbocycles. The highest BCUT2D eigenvalue weighted by atomic mass is 16.5. The molecule has 0 saturated heterocycles. The van der Waals surface area contributed by atoms with Crippen LogP contribution in [0.15, 0.2) is 4.52 Å². The number of hydrogen-bond donors (Lipinski definition) is 1. The van der Waals surface area contributed by atoms with Crippen LogP contribution in [0, 0.1) is 0 Å². The maximum atomic E-state index is 5.59. The van der Waals surface area contributed by atoms with Gasteiger partial charge >= 0.3 is 0 Å². The molecule has 0 aliphatic rings. The third kappa shape index (κ3) is 3.52. The van der Waals surface area contributed by atoms with Gasteiger partial charge in [-0.1, -0.05) is 5.16 Å². The van der Waals surface area contributed by atoms with Crippen molar-refractivity contribution in [3.8, 4) is 0 Å². The Morgan fingerprint density at radius 1 is 1.62 bits per heavy atom. The highest BCUT2D eigenvalue weighted by Gasteiger charge is 2.06. The van der Waals surface area contributed by atoms with Gasteiger partial charge in [0.25, 0.3) is 0 Å². The summed E-state index contributed by atoms with van der Waals surface area (Å²) in [4.78, 5) is 4.11. The number of nitrogens with zero attached hydrogens (tertiary/aromatic N) is 2. The SMILES string of the molecule is COCc1noc(CCC(C)N)n1. The first-order valence-corrected chi connectivity index (χ1v) is 4.28. The lowest BCUT2D eigenvalue weighted by molar-refractivity contribution is 0.174. The van der Waals surface area contributed by atoms with Crippen LogP contribution in [-0.4, -0.2) is 23.3 Å². The number of rotatable bonds is 5. The fourth-order valence-electron chi connectivity index (χ4n) is 0.931. The Morgan fingerprint density at radius 2 is 2.38 bits per heavy atom. The van der Waals surface area contributed by atoms with E-state index < -0.39 is 0 Å². The zero-order valence-electron chi connectivity index (χ0n) is 7.99. The van der Waals surface area contributed by atoms with Crippen molar-refractivity contribution in [2.75, 3.05) is 7.11 Å². The minimum Gasteiger partial charge on any atom is -0.377 e. The van der Waals surface area contributed by atoms with E-state index >= 15 is 0 Å². The predicted octanol–water partition coefficient (Wildman–Crippen LogP) is 0.496. The Morgan fingerprint density at radius 3 is 3.00 bits per heavy atom. The van der Waals surface area contributed by atoms with Crippen molar-refractivity contribution in [1.29, 1.82) is 0 Å². The summed E-state index contributed by atoms with van der Waals surface area (Å²) < 4.78 is 9.83. The molecule has 1 aromatic rings. The molecule has 0 amide bonds. The lowest BCUT2D eigenvalue weighted by Gasteiger charge is -1.99. The minimum absolute atomic E-state index is 0.165. The van der Waals surface area contributed by atoms with Crippen molar-refractivity contribution < 1.29 is 9.26 Å². The molecule has 0 aliphatic heterocycles. The van der Waals surface area contributed by atoms with Crippen LogP contribution in [0.5, 0.6) is 0 Å². The molecule has 13 heavy (non-hydrogen) atoms. The van der Waals surface area contributed by atoms with Crippen LogP contribution < -0.4 is 5.73 Å². The van der Waals surface area contributed by atoms with E-state index in [-0.39, 0.29) is 6.04 Å². The molecule has 0 radical (unpaired) electrons. The third-order valence-corrected chi connectivity index (χ3v) is 1.60. The molecule has 1 unspecified atom stereocenters. The van der Waals surface area contributed by atoms with Crippen molar-refractivity contribution in [3.05, 3.63) is 11.7 Å². The van der Waals surface area contributed by atoms with Gasteiger partial charge in [-0.05, 0) is 13.3 Å². The first kappa shape index (κ1) is 10.1. The Balaban J connectivity index is 2.39. The molecule has 1 aromatic heterocycles. The van der Waals surface area contributed by atoms with Gasteiger partial charge in [0.05, 0.1) is 0 Å². The van der Waals surface area contributed by atoms with Crippen LogP contribution in [0.3, 0.4) is 0 Å². The molecule has 1 heterocycles. The highest BCUT2D eigenvalue weighted by Crippen LogP contribution is 2.02. The van der Waals surface area contributed by atoms with Crippen molar-refractivity contribution >= 4 is 0 Å². The molecule has 0 bridgehead atoms. The van der Waals surface area contributed by atoms with E-state index in [1.54, 1.807) is 7.11 Å². The van der Waals surface area contributed by atoms with Gasteiger partial charge in [-0.2, -0.15) is 4.98 Å². The Bertz CT molecular complexity index is 247. The average Bonchev–Trinajstić information content (AvgIpc) is 2.50. The first-order chi connectivity index (χ1) is 6.22. The van der Waals surface area contributed by atoms with Gasteiger partial charge in [0.15, 0.2) is 5.82 Å². The predicted molar refractivity (Wildman–Crippen MR) is 47.0 cm³/mol. The Hall–Kier alpha value is -0.940. The molecule has 0 saturated carbocycles. The number of ether oxygens (including phenoxy) is 1. The number of hydrogen-bond acceptors (Lipinski definition) is 5. The summed E-state index contributed by atoms with van der Waals surface area (Å²) in [5.74, 6) is 1.21. The van der Waals surface area contributed by atoms with Crippen molar-refractivity contribution in [1.82, 2.24) is 10.1 Å². The summed E-state index contributed by atoms with van der Waals surface area (Å²) in [7, 11) is 1.60. The summed E-state index contributed by atoms with van der Waals surface area (Å²) in [6.07, 6.45) is 1.59. The monoisotopic (exact) mass is 185 g/mol. The molecule has 2 N–H and O–H groups in total. The van der Waals surface area contributed by atoms with E-state index in [9.17, 15) is 0 Å². The number of aromatic nitrogens is 2. The zero-order valence-corrected chi connectivity index (χ0v) is 7.99. The molecule has 5 nitrogen and oxygen atoms in total. The second kappa shape index (κ2) is 4.94. The van der Waals surface area contributed by atoms with E-state index in [4.69, 9.17) is 15.0 Å².